The third-order valence-corrected chi connectivity index (χ3v) is 2.25. The van der Waals surface area contributed by atoms with Crippen molar-refractivity contribution in [3.05, 3.63) is 47.7 Å². The van der Waals surface area contributed by atoms with Gasteiger partial charge in [0.25, 0.3) is 0 Å². The van der Waals surface area contributed by atoms with Crippen LogP contribution < -0.4 is 10.5 Å². The van der Waals surface area contributed by atoms with Crippen molar-refractivity contribution in [3.63, 3.8) is 0 Å². The van der Waals surface area contributed by atoms with E-state index in [1.54, 1.807) is 6.20 Å². The average Bonchev–Trinajstić information content (AvgIpc) is 2.25. The zero-order chi connectivity index (χ0) is 11.5. The van der Waals surface area contributed by atoms with Crippen molar-refractivity contribution in [2.45, 2.75) is 13.8 Å². The van der Waals surface area contributed by atoms with Gasteiger partial charge in [0.1, 0.15) is 5.75 Å². The summed E-state index contributed by atoms with van der Waals surface area (Å²) >= 11 is 0. The highest BCUT2D eigenvalue weighted by atomic mass is 16.5. The monoisotopic (exact) mass is 214 g/mol. The molecule has 0 saturated heterocycles. The Morgan fingerprint density at radius 1 is 1.06 bits per heavy atom. The summed E-state index contributed by atoms with van der Waals surface area (Å²) in [6.07, 6.45) is 1.74. The van der Waals surface area contributed by atoms with E-state index in [-0.39, 0.29) is 0 Å². The normalized spacial score (nSPS) is 10.1. The molecule has 0 saturated carbocycles. The number of anilines is 1. The predicted octanol–water partition coefficient (Wildman–Crippen LogP) is 3.07. The molecule has 1 aromatic carbocycles. The Bertz CT molecular complexity index is 492. The van der Waals surface area contributed by atoms with Gasteiger partial charge < -0.3 is 10.5 Å². The summed E-state index contributed by atoms with van der Waals surface area (Å²) in [6, 6.07) is 9.61. The predicted molar refractivity (Wildman–Crippen MR) is 64.6 cm³/mol. The van der Waals surface area contributed by atoms with Crippen LogP contribution in [0.5, 0.6) is 11.6 Å². The van der Waals surface area contributed by atoms with Gasteiger partial charge in [-0.25, -0.2) is 4.98 Å². The van der Waals surface area contributed by atoms with E-state index in [0.29, 0.717) is 11.6 Å². The minimum atomic E-state index is 0.453. The number of ether oxygens (including phenoxy) is 1. The molecule has 1 heterocycles. The minimum Gasteiger partial charge on any atom is -0.437 e. The topological polar surface area (TPSA) is 48.1 Å². The Morgan fingerprint density at radius 2 is 1.75 bits per heavy atom. The van der Waals surface area contributed by atoms with Crippen molar-refractivity contribution in [2.75, 3.05) is 5.73 Å². The number of aromatic nitrogens is 1. The second-order valence-corrected chi connectivity index (χ2v) is 3.82. The van der Waals surface area contributed by atoms with Crippen LogP contribution in [-0.2, 0) is 0 Å². The van der Waals surface area contributed by atoms with Crippen molar-refractivity contribution >= 4 is 5.69 Å². The number of benzene rings is 1. The zero-order valence-electron chi connectivity index (χ0n) is 9.40. The summed E-state index contributed by atoms with van der Waals surface area (Å²) in [4.78, 5) is 4.15. The average molecular weight is 214 g/mol. The van der Waals surface area contributed by atoms with E-state index in [2.05, 4.69) is 4.98 Å². The molecule has 0 amide bonds. The Balaban J connectivity index is 2.23. The first-order chi connectivity index (χ1) is 7.65. The molecule has 82 valence electrons. The Hall–Kier alpha value is -2.03. The Morgan fingerprint density at radius 3 is 2.38 bits per heavy atom. The summed E-state index contributed by atoms with van der Waals surface area (Å²) in [5.41, 5.74) is 8.58. The highest BCUT2D eigenvalue weighted by molar-refractivity contribution is 5.50. The van der Waals surface area contributed by atoms with Gasteiger partial charge in [-0.1, -0.05) is 17.7 Å². The van der Waals surface area contributed by atoms with Gasteiger partial charge in [-0.05, 0) is 37.6 Å². The zero-order valence-corrected chi connectivity index (χ0v) is 9.40. The maximum atomic E-state index is 5.81. The van der Waals surface area contributed by atoms with Crippen molar-refractivity contribution in [3.8, 4) is 11.6 Å². The standard InChI is InChI=1S/C13H14N2O/c1-9-3-5-11(6-4-9)16-13-12(14)7-10(2)8-15-13/h3-8H,14H2,1-2H3. The van der Waals surface area contributed by atoms with Gasteiger partial charge in [0.2, 0.25) is 5.88 Å². The molecule has 2 N–H and O–H groups in total. The number of nitrogen functional groups attached to an aromatic ring is 1. The minimum absolute atomic E-state index is 0.453. The second-order valence-electron chi connectivity index (χ2n) is 3.82. The fraction of sp³-hybridized carbons (Fsp3) is 0.154. The molecule has 0 aliphatic rings. The molecular weight excluding hydrogens is 200 g/mol. The van der Waals surface area contributed by atoms with Crippen LogP contribution in [0.25, 0.3) is 0 Å². The molecule has 0 fully saturated rings. The number of hydrogen-bond donors (Lipinski definition) is 1. The van der Waals surface area contributed by atoms with Gasteiger partial charge in [-0.15, -0.1) is 0 Å². The molecule has 3 nitrogen and oxygen atoms in total. The van der Waals surface area contributed by atoms with E-state index in [1.807, 2.05) is 44.2 Å². The van der Waals surface area contributed by atoms with Crippen LogP contribution in [0.3, 0.4) is 0 Å². The number of pyridine rings is 1. The lowest BCUT2D eigenvalue weighted by atomic mass is 10.2. The largest absolute Gasteiger partial charge is 0.437 e. The van der Waals surface area contributed by atoms with Crippen molar-refractivity contribution in [2.24, 2.45) is 0 Å². The molecule has 0 aliphatic heterocycles. The van der Waals surface area contributed by atoms with Crippen molar-refractivity contribution < 1.29 is 4.74 Å². The van der Waals surface area contributed by atoms with Crippen LogP contribution in [0, 0.1) is 13.8 Å². The Labute approximate surface area is 94.9 Å². The van der Waals surface area contributed by atoms with Crippen LogP contribution in [0.4, 0.5) is 5.69 Å². The third-order valence-electron chi connectivity index (χ3n) is 2.25. The number of hydrogen-bond acceptors (Lipinski definition) is 3. The molecular formula is C13H14N2O. The number of aryl methyl sites for hydroxylation is 2. The van der Waals surface area contributed by atoms with Crippen LogP contribution in [0.1, 0.15) is 11.1 Å². The fourth-order valence-corrected chi connectivity index (χ4v) is 1.38. The van der Waals surface area contributed by atoms with E-state index in [1.165, 1.54) is 5.56 Å². The first-order valence-corrected chi connectivity index (χ1v) is 5.12. The van der Waals surface area contributed by atoms with Crippen molar-refractivity contribution in [1.29, 1.82) is 0 Å². The summed E-state index contributed by atoms with van der Waals surface area (Å²) in [5.74, 6) is 1.20. The molecule has 0 spiro atoms. The van der Waals surface area contributed by atoms with E-state index in [4.69, 9.17) is 10.5 Å². The highest BCUT2D eigenvalue weighted by Gasteiger charge is 2.03. The molecule has 0 atom stereocenters. The van der Waals surface area contributed by atoms with Gasteiger partial charge in [-0.2, -0.15) is 0 Å². The van der Waals surface area contributed by atoms with Crippen LogP contribution in [0.15, 0.2) is 36.5 Å². The van der Waals surface area contributed by atoms with E-state index in [9.17, 15) is 0 Å². The lowest BCUT2D eigenvalue weighted by Crippen LogP contribution is -1.95. The summed E-state index contributed by atoms with van der Waals surface area (Å²) in [5, 5.41) is 0. The summed E-state index contributed by atoms with van der Waals surface area (Å²) < 4.78 is 5.58. The van der Waals surface area contributed by atoms with Gasteiger partial charge in [0.05, 0.1) is 5.69 Å². The van der Waals surface area contributed by atoms with Gasteiger partial charge >= 0.3 is 0 Å². The van der Waals surface area contributed by atoms with E-state index in [0.717, 1.165) is 11.3 Å². The van der Waals surface area contributed by atoms with Gasteiger partial charge in [-0.3, -0.25) is 0 Å². The molecule has 16 heavy (non-hydrogen) atoms. The first kappa shape index (κ1) is 10.5. The van der Waals surface area contributed by atoms with Crippen molar-refractivity contribution in [1.82, 2.24) is 4.98 Å². The van der Waals surface area contributed by atoms with Crippen LogP contribution in [0.2, 0.25) is 0 Å². The SMILES string of the molecule is Cc1ccc(Oc2ncc(C)cc2N)cc1. The quantitative estimate of drug-likeness (QED) is 0.835. The summed E-state index contributed by atoms with van der Waals surface area (Å²) in [7, 11) is 0. The lowest BCUT2D eigenvalue weighted by molar-refractivity contribution is 0.465. The maximum Gasteiger partial charge on any atom is 0.242 e. The Kier molecular flexibility index (Phi) is 2.77. The number of nitrogens with zero attached hydrogens (tertiary/aromatic N) is 1. The molecule has 0 unspecified atom stereocenters. The van der Waals surface area contributed by atoms with Crippen LogP contribution >= 0.6 is 0 Å². The third kappa shape index (κ3) is 2.31. The van der Waals surface area contributed by atoms with E-state index < -0.39 is 0 Å². The lowest BCUT2D eigenvalue weighted by Gasteiger charge is -2.07. The fourth-order valence-electron chi connectivity index (χ4n) is 1.38. The molecule has 0 aliphatic carbocycles. The molecule has 3 heteroatoms. The maximum absolute atomic E-state index is 5.81. The highest BCUT2D eigenvalue weighted by Crippen LogP contribution is 2.25. The van der Waals surface area contributed by atoms with Crippen LogP contribution in [-0.4, -0.2) is 4.98 Å². The van der Waals surface area contributed by atoms with E-state index >= 15 is 0 Å². The smallest absolute Gasteiger partial charge is 0.242 e. The van der Waals surface area contributed by atoms with Gasteiger partial charge in [0.15, 0.2) is 0 Å². The molecule has 0 bridgehead atoms. The molecule has 1 aromatic heterocycles. The second kappa shape index (κ2) is 4.23. The number of nitrogens with two attached hydrogens (primary N) is 1. The summed E-state index contributed by atoms with van der Waals surface area (Å²) in [6.45, 7) is 3.97. The first-order valence-electron chi connectivity index (χ1n) is 5.12. The number of rotatable bonds is 2. The molecule has 0 radical (unpaired) electrons. The molecule has 2 rings (SSSR count). The van der Waals surface area contributed by atoms with Gasteiger partial charge in [0, 0.05) is 6.20 Å². The molecule has 2 aromatic rings.